The van der Waals surface area contributed by atoms with E-state index >= 15 is 0 Å². The van der Waals surface area contributed by atoms with Crippen LogP contribution in [0.3, 0.4) is 0 Å². The highest BCUT2D eigenvalue weighted by atomic mass is 19.2. The van der Waals surface area contributed by atoms with Crippen molar-refractivity contribution in [2.24, 2.45) is 0 Å². The Hall–Kier alpha value is -4.68. The first-order valence-electron chi connectivity index (χ1n) is 11.5. The molecule has 0 aliphatic carbocycles. The number of amides is 3. The highest BCUT2D eigenvalue weighted by Crippen LogP contribution is 2.24. The fraction of sp³-hybridized carbons (Fsp3) is 0.192. The summed E-state index contributed by atoms with van der Waals surface area (Å²) >= 11 is 0. The number of nitrogens with one attached hydrogen (secondary N) is 3. The quantitative estimate of drug-likeness (QED) is 0.165. The molecule has 0 spiro atoms. The molecule has 39 heavy (non-hydrogen) atoms. The van der Waals surface area contributed by atoms with Crippen LogP contribution in [0, 0.1) is 29.1 Å². The molecular weight excluding hydrogens is 529 g/mol. The van der Waals surface area contributed by atoms with Crippen molar-refractivity contribution in [3.63, 3.8) is 0 Å². The summed E-state index contributed by atoms with van der Waals surface area (Å²) in [6.07, 6.45) is -3.42. The summed E-state index contributed by atoms with van der Waals surface area (Å²) in [4.78, 5) is 37.5. The van der Waals surface area contributed by atoms with Crippen LogP contribution in [0.15, 0.2) is 60.7 Å². The maximum absolute atomic E-state index is 14.4. The van der Waals surface area contributed by atoms with Gasteiger partial charge in [-0.3, -0.25) is 9.59 Å². The molecule has 3 aromatic rings. The largest absolute Gasteiger partial charge is 0.468 e. The molecule has 0 radical (unpaired) electrons. The first kappa shape index (κ1) is 27.4. The Morgan fingerprint density at radius 3 is 2.00 bits per heavy atom. The molecule has 1 heterocycles. The highest BCUT2D eigenvalue weighted by Gasteiger charge is 2.44. The second-order valence-corrected chi connectivity index (χ2v) is 8.36. The number of carbonyl (C=O) groups is 3. The van der Waals surface area contributed by atoms with Gasteiger partial charge < -0.3 is 25.4 Å². The van der Waals surface area contributed by atoms with Crippen LogP contribution in [0.5, 0.6) is 5.75 Å². The lowest BCUT2D eigenvalue weighted by Crippen LogP contribution is -2.72. The van der Waals surface area contributed by atoms with Crippen molar-refractivity contribution < 1.29 is 45.8 Å². The average Bonchev–Trinajstić information content (AvgIpc) is 2.95. The summed E-state index contributed by atoms with van der Waals surface area (Å²) in [7, 11) is 0. The van der Waals surface area contributed by atoms with Gasteiger partial charge in [0.15, 0.2) is 29.3 Å². The molecule has 0 saturated carbocycles. The summed E-state index contributed by atoms with van der Waals surface area (Å²) in [5.41, 5.74) is -0.773. The van der Waals surface area contributed by atoms with Gasteiger partial charge >= 0.3 is 6.09 Å². The van der Waals surface area contributed by atoms with E-state index in [-0.39, 0.29) is 6.61 Å². The number of alkyl carbamates (subject to hydrolysis) is 1. The minimum absolute atomic E-state index is 0.248. The molecule has 3 amide bonds. The number of ether oxygens (including phenoxy) is 2. The Bertz CT molecular complexity index is 1350. The Kier molecular flexibility index (Phi) is 8.27. The molecule has 1 fully saturated rings. The van der Waals surface area contributed by atoms with Crippen molar-refractivity contribution in [2.75, 3.05) is 0 Å². The highest BCUT2D eigenvalue weighted by molar-refractivity contribution is 5.95. The minimum Gasteiger partial charge on any atom is -0.468 e. The third-order valence-corrected chi connectivity index (χ3v) is 5.70. The molecule has 4 rings (SSSR count). The van der Waals surface area contributed by atoms with E-state index in [4.69, 9.17) is 9.47 Å². The number of hydrogen-bond donors (Lipinski definition) is 3. The zero-order valence-corrected chi connectivity index (χ0v) is 19.9. The Balaban J connectivity index is 1.52. The summed E-state index contributed by atoms with van der Waals surface area (Å²) in [5.74, 6) is -12.7. The maximum atomic E-state index is 14.4. The molecule has 13 heteroatoms. The van der Waals surface area contributed by atoms with Gasteiger partial charge in [-0.15, -0.1) is 0 Å². The number of para-hydroxylation sites is 1. The fourth-order valence-electron chi connectivity index (χ4n) is 3.64. The molecular formula is C26H20F5N3O5. The van der Waals surface area contributed by atoms with Crippen molar-refractivity contribution in [3.8, 4) is 5.75 Å². The Morgan fingerprint density at radius 2 is 1.41 bits per heavy atom. The number of halogens is 5. The van der Waals surface area contributed by atoms with Gasteiger partial charge in [0, 0.05) is 12.0 Å². The number of benzene rings is 3. The predicted molar refractivity (Wildman–Crippen MR) is 124 cm³/mol. The van der Waals surface area contributed by atoms with Crippen molar-refractivity contribution in [3.05, 3.63) is 101 Å². The lowest BCUT2D eigenvalue weighted by molar-refractivity contribution is -0.143. The van der Waals surface area contributed by atoms with E-state index < -0.39 is 77.3 Å². The first-order valence-corrected chi connectivity index (χ1v) is 11.5. The summed E-state index contributed by atoms with van der Waals surface area (Å²) < 4.78 is 80.3. The summed E-state index contributed by atoms with van der Waals surface area (Å²) in [6.45, 7) is -0.248. The number of rotatable bonds is 9. The third kappa shape index (κ3) is 6.25. The van der Waals surface area contributed by atoms with Crippen LogP contribution in [-0.2, 0) is 27.4 Å². The maximum Gasteiger partial charge on any atom is 0.408 e. The van der Waals surface area contributed by atoms with E-state index in [0.717, 1.165) is 0 Å². The lowest BCUT2D eigenvalue weighted by atomic mass is 10.0. The second-order valence-electron chi connectivity index (χ2n) is 8.36. The van der Waals surface area contributed by atoms with Gasteiger partial charge in [-0.1, -0.05) is 48.5 Å². The number of carbonyl (C=O) groups excluding carboxylic acids is 3. The van der Waals surface area contributed by atoms with Crippen LogP contribution < -0.4 is 20.7 Å². The SMILES string of the molecule is O=C(N[C@@H](Cc1c(F)c(F)c(F)c(F)c1F)C(=O)N[C@@H]1C(=O)N[C@H]1Oc1ccccc1)OCc1ccccc1. The van der Waals surface area contributed by atoms with Gasteiger partial charge in [0.2, 0.25) is 18.0 Å². The molecule has 0 unspecified atom stereocenters. The Morgan fingerprint density at radius 1 is 0.846 bits per heavy atom. The molecule has 3 N–H and O–H groups in total. The zero-order valence-electron chi connectivity index (χ0n) is 19.9. The summed E-state index contributed by atoms with van der Waals surface area (Å²) in [6, 6.07) is 13.3. The van der Waals surface area contributed by atoms with Crippen LogP contribution >= 0.6 is 0 Å². The standard InChI is InChI=1S/C26H20F5N3O5/c27-17-15(18(28)20(30)21(31)19(17)29)11-16(32-26(37)38-12-13-7-3-1-4-8-13)23(35)33-22-24(36)34-25(22)39-14-9-5-2-6-10-14/h1-10,16,22,25H,11-12H2,(H,32,37)(H,33,35)(H,34,36)/t16-,22+,25-/m0/s1. The number of hydrogen-bond acceptors (Lipinski definition) is 5. The van der Waals surface area contributed by atoms with Crippen LogP contribution in [0.1, 0.15) is 11.1 Å². The van der Waals surface area contributed by atoms with E-state index in [2.05, 4.69) is 16.0 Å². The van der Waals surface area contributed by atoms with Gasteiger partial charge in [-0.2, -0.15) is 0 Å². The molecule has 0 bridgehead atoms. The summed E-state index contributed by atoms with van der Waals surface area (Å²) in [5, 5.41) is 6.73. The van der Waals surface area contributed by atoms with E-state index in [1.165, 1.54) is 0 Å². The van der Waals surface area contributed by atoms with Crippen LogP contribution in [0.2, 0.25) is 0 Å². The van der Waals surface area contributed by atoms with Crippen LogP contribution in [-0.4, -0.2) is 36.2 Å². The topological polar surface area (TPSA) is 106 Å². The average molecular weight is 549 g/mol. The third-order valence-electron chi connectivity index (χ3n) is 5.70. The van der Waals surface area contributed by atoms with E-state index in [1.807, 2.05) is 0 Å². The van der Waals surface area contributed by atoms with Crippen LogP contribution in [0.4, 0.5) is 26.7 Å². The van der Waals surface area contributed by atoms with Crippen molar-refractivity contribution in [1.82, 2.24) is 16.0 Å². The van der Waals surface area contributed by atoms with Crippen molar-refractivity contribution in [1.29, 1.82) is 0 Å². The lowest BCUT2D eigenvalue weighted by Gasteiger charge is -2.37. The van der Waals surface area contributed by atoms with Crippen LogP contribution in [0.25, 0.3) is 0 Å². The van der Waals surface area contributed by atoms with Gasteiger partial charge in [-0.05, 0) is 17.7 Å². The number of β-lactam (4-membered cyclic amide) rings is 1. The molecule has 3 atom stereocenters. The predicted octanol–water partition coefficient (Wildman–Crippen LogP) is 3.24. The fourth-order valence-corrected chi connectivity index (χ4v) is 3.64. The van der Waals surface area contributed by atoms with Gasteiger partial charge in [-0.25, -0.2) is 26.7 Å². The van der Waals surface area contributed by atoms with Crippen molar-refractivity contribution >= 4 is 17.9 Å². The monoisotopic (exact) mass is 549 g/mol. The molecule has 3 aromatic carbocycles. The smallest absolute Gasteiger partial charge is 0.408 e. The molecule has 1 saturated heterocycles. The van der Waals surface area contributed by atoms with Gasteiger partial charge in [0.1, 0.15) is 18.4 Å². The minimum atomic E-state index is -2.38. The Labute approximate surface area is 218 Å². The van der Waals surface area contributed by atoms with Gasteiger partial charge in [0.25, 0.3) is 5.91 Å². The molecule has 1 aliphatic rings. The van der Waals surface area contributed by atoms with Gasteiger partial charge in [0.05, 0.1) is 0 Å². The molecule has 204 valence electrons. The van der Waals surface area contributed by atoms with E-state index in [9.17, 15) is 36.3 Å². The molecule has 0 aromatic heterocycles. The van der Waals surface area contributed by atoms with E-state index in [0.29, 0.717) is 11.3 Å². The van der Waals surface area contributed by atoms with Crippen molar-refractivity contribution in [2.45, 2.75) is 31.3 Å². The first-order chi connectivity index (χ1) is 18.7. The molecule has 1 aliphatic heterocycles. The zero-order chi connectivity index (χ0) is 28.1. The normalized spacial score (nSPS) is 16.9. The second kappa shape index (κ2) is 11.8. The van der Waals surface area contributed by atoms with E-state index in [1.54, 1.807) is 60.7 Å². The molecule has 8 nitrogen and oxygen atoms in total.